The summed E-state index contributed by atoms with van der Waals surface area (Å²) < 4.78 is 80.8. The first-order valence-corrected chi connectivity index (χ1v) is 10.9. The molecule has 0 aromatic heterocycles. The number of nitrogens with one attached hydrogen (secondary N) is 2. The molecule has 194 valence electrons. The van der Waals surface area contributed by atoms with Gasteiger partial charge in [-0.15, -0.1) is 0 Å². The Bertz CT molecular complexity index is 1400. The van der Waals surface area contributed by atoms with Gasteiger partial charge in [-0.3, -0.25) is 9.59 Å². The zero-order chi connectivity index (χ0) is 27.3. The van der Waals surface area contributed by atoms with Crippen molar-refractivity contribution in [2.75, 3.05) is 5.32 Å². The molecule has 4 rings (SSSR count). The number of hydrogen-bond donors (Lipinski definition) is 3. The maximum absolute atomic E-state index is 13.9. The van der Waals surface area contributed by atoms with Crippen LogP contribution in [0.5, 0.6) is 0 Å². The highest BCUT2D eigenvalue weighted by Crippen LogP contribution is 2.42. The SMILES string of the molecule is CC(C)(O)c1cc(NC(=O)c2cc(F)cc(C(F)(F)F)c2)c2c(c1)C(=O)NC2c1ccccc1C(F)F. The van der Waals surface area contributed by atoms with Crippen LogP contribution in [0.25, 0.3) is 0 Å². The van der Waals surface area contributed by atoms with E-state index in [9.17, 15) is 41.0 Å². The van der Waals surface area contributed by atoms with Crippen LogP contribution in [0.1, 0.15) is 74.8 Å². The molecule has 1 heterocycles. The van der Waals surface area contributed by atoms with Gasteiger partial charge in [-0.25, -0.2) is 13.2 Å². The summed E-state index contributed by atoms with van der Waals surface area (Å²) in [6.07, 6.45) is -7.81. The van der Waals surface area contributed by atoms with Crippen molar-refractivity contribution < 1.29 is 41.0 Å². The number of amides is 2. The number of fused-ring (bicyclic) bond motifs is 1. The summed E-state index contributed by atoms with van der Waals surface area (Å²) in [4.78, 5) is 25.8. The summed E-state index contributed by atoms with van der Waals surface area (Å²) >= 11 is 0. The first-order chi connectivity index (χ1) is 17.2. The number of alkyl halides is 5. The Balaban J connectivity index is 1.87. The van der Waals surface area contributed by atoms with Crippen LogP contribution >= 0.6 is 0 Å². The van der Waals surface area contributed by atoms with Crippen LogP contribution in [0, 0.1) is 5.82 Å². The number of hydrogen-bond acceptors (Lipinski definition) is 3. The molecule has 1 aliphatic heterocycles. The molecule has 3 N–H and O–H groups in total. The molecule has 0 aliphatic carbocycles. The summed E-state index contributed by atoms with van der Waals surface area (Å²) in [5, 5.41) is 15.5. The monoisotopic (exact) mass is 522 g/mol. The molecule has 1 atom stereocenters. The van der Waals surface area contributed by atoms with Gasteiger partial charge < -0.3 is 15.7 Å². The van der Waals surface area contributed by atoms with Crippen molar-refractivity contribution in [3.8, 4) is 0 Å². The molecule has 11 heteroatoms. The highest BCUT2D eigenvalue weighted by atomic mass is 19.4. The second kappa shape index (κ2) is 9.22. The highest BCUT2D eigenvalue weighted by Gasteiger charge is 2.37. The number of carbonyl (C=O) groups is 2. The third-order valence-electron chi connectivity index (χ3n) is 5.97. The van der Waals surface area contributed by atoms with Crippen LogP contribution in [0.4, 0.5) is 32.0 Å². The van der Waals surface area contributed by atoms with Crippen molar-refractivity contribution in [2.24, 2.45) is 0 Å². The van der Waals surface area contributed by atoms with Crippen LogP contribution in [0.2, 0.25) is 0 Å². The fourth-order valence-electron chi connectivity index (χ4n) is 4.17. The van der Waals surface area contributed by atoms with Gasteiger partial charge in [0, 0.05) is 27.9 Å². The van der Waals surface area contributed by atoms with E-state index in [4.69, 9.17) is 0 Å². The molecule has 0 saturated heterocycles. The molecular weight excluding hydrogens is 502 g/mol. The van der Waals surface area contributed by atoms with Gasteiger partial charge in [0.15, 0.2) is 0 Å². The van der Waals surface area contributed by atoms with Gasteiger partial charge >= 0.3 is 6.18 Å². The lowest BCUT2D eigenvalue weighted by atomic mass is 9.88. The maximum atomic E-state index is 13.9. The van der Waals surface area contributed by atoms with Gasteiger partial charge in [0.05, 0.1) is 17.2 Å². The van der Waals surface area contributed by atoms with E-state index >= 15 is 0 Å². The van der Waals surface area contributed by atoms with Crippen molar-refractivity contribution in [3.63, 3.8) is 0 Å². The van der Waals surface area contributed by atoms with Crippen molar-refractivity contribution in [3.05, 3.63) is 99.4 Å². The van der Waals surface area contributed by atoms with E-state index in [1.165, 1.54) is 50.2 Å². The molecule has 1 aliphatic rings. The Labute approximate surface area is 207 Å². The topological polar surface area (TPSA) is 78.4 Å². The van der Waals surface area contributed by atoms with Crippen molar-refractivity contribution in [1.29, 1.82) is 0 Å². The number of rotatable bonds is 5. The van der Waals surface area contributed by atoms with E-state index in [1.54, 1.807) is 0 Å². The molecule has 2 amide bonds. The molecule has 0 spiro atoms. The van der Waals surface area contributed by atoms with E-state index in [2.05, 4.69) is 10.6 Å². The van der Waals surface area contributed by atoms with Gasteiger partial charge in [0.2, 0.25) is 0 Å². The molecule has 1 unspecified atom stereocenters. The normalized spacial score (nSPS) is 15.5. The summed E-state index contributed by atoms with van der Waals surface area (Å²) in [7, 11) is 0. The Morgan fingerprint density at radius 1 is 1.03 bits per heavy atom. The first kappa shape index (κ1) is 26.2. The summed E-state index contributed by atoms with van der Waals surface area (Å²) in [5.74, 6) is -3.10. The zero-order valence-electron chi connectivity index (χ0n) is 19.4. The zero-order valence-corrected chi connectivity index (χ0v) is 19.4. The van der Waals surface area contributed by atoms with E-state index < -0.39 is 53.0 Å². The fraction of sp³-hybridized carbons (Fsp3) is 0.231. The second-order valence-electron chi connectivity index (χ2n) is 9.06. The smallest absolute Gasteiger partial charge is 0.386 e. The molecule has 0 bridgehead atoms. The van der Waals surface area contributed by atoms with Crippen molar-refractivity contribution in [1.82, 2.24) is 5.32 Å². The van der Waals surface area contributed by atoms with Gasteiger partial charge in [-0.1, -0.05) is 24.3 Å². The largest absolute Gasteiger partial charge is 0.416 e. The van der Waals surface area contributed by atoms with Gasteiger partial charge in [0.1, 0.15) is 5.82 Å². The molecule has 0 saturated carbocycles. The number of halogens is 6. The van der Waals surface area contributed by atoms with E-state index in [-0.39, 0.29) is 39.6 Å². The Kier molecular flexibility index (Phi) is 6.53. The molecular formula is C26H20F6N2O3. The Hall–Kier alpha value is -3.86. The average molecular weight is 522 g/mol. The number of carbonyl (C=O) groups excluding carboxylic acids is 2. The minimum absolute atomic E-state index is 0.0285. The highest BCUT2D eigenvalue weighted by molar-refractivity contribution is 6.08. The maximum Gasteiger partial charge on any atom is 0.416 e. The summed E-state index contributed by atoms with van der Waals surface area (Å²) in [6, 6.07) is 8.24. The van der Waals surface area contributed by atoms with Crippen LogP contribution in [0.15, 0.2) is 54.6 Å². The van der Waals surface area contributed by atoms with Gasteiger partial charge in [-0.2, -0.15) is 13.2 Å². The van der Waals surface area contributed by atoms with E-state index in [1.807, 2.05) is 0 Å². The van der Waals surface area contributed by atoms with E-state index in [0.717, 1.165) is 0 Å². The van der Waals surface area contributed by atoms with Gasteiger partial charge in [0.25, 0.3) is 18.2 Å². The number of aliphatic hydroxyl groups is 1. The molecule has 0 radical (unpaired) electrons. The summed E-state index contributed by atoms with van der Waals surface area (Å²) in [6.45, 7) is 2.80. The lowest BCUT2D eigenvalue weighted by Crippen LogP contribution is -2.22. The van der Waals surface area contributed by atoms with Crippen LogP contribution in [-0.2, 0) is 11.8 Å². The fourth-order valence-corrected chi connectivity index (χ4v) is 4.17. The standard InChI is InChI=1S/C26H20F6N2O3/c1-25(2,37)13-10-18-20(21(34-24(18)36)16-5-3-4-6-17(16)22(28)29)19(11-13)33-23(35)12-7-14(26(30,31)32)9-15(27)8-12/h3-11,21-22,37H,1-2H3,(H,33,35)(H,34,36). The molecule has 0 fully saturated rings. The quantitative estimate of drug-likeness (QED) is 0.355. The first-order valence-electron chi connectivity index (χ1n) is 10.9. The van der Waals surface area contributed by atoms with Crippen molar-refractivity contribution in [2.45, 2.75) is 38.1 Å². The molecule has 3 aromatic rings. The average Bonchev–Trinajstić information content (AvgIpc) is 3.14. The minimum atomic E-state index is -4.92. The number of benzene rings is 3. The Morgan fingerprint density at radius 3 is 2.32 bits per heavy atom. The summed E-state index contributed by atoms with van der Waals surface area (Å²) in [5.41, 5.74) is -3.79. The molecule has 5 nitrogen and oxygen atoms in total. The Morgan fingerprint density at radius 2 is 1.70 bits per heavy atom. The van der Waals surface area contributed by atoms with Crippen molar-refractivity contribution >= 4 is 17.5 Å². The van der Waals surface area contributed by atoms with Crippen LogP contribution in [0.3, 0.4) is 0 Å². The predicted octanol–water partition coefficient (Wildman–Crippen LogP) is 6.09. The molecule has 37 heavy (non-hydrogen) atoms. The minimum Gasteiger partial charge on any atom is -0.386 e. The third-order valence-corrected chi connectivity index (χ3v) is 5.97. The third kappa shape index (κ3) is 5.17. The van der Waals surface area contributed by atoms with Crippen LogP contribution < -0.4 is 10.6 Å². The lowest BCUT2D eigenvalue weighted by Gasteiger charge is -2.23. The van der Waals surface area contributed by atoms with Crippen LogP contribution in [-0.4, -0.2) is 16.9 Å². The second-order valence-corrected chi connectivity index (χ2v) is 9.06. The number of anilines is 1. The predicted molar refractivity (Wildman–Crippen MR) is 122 cm³/mol. The lowest BCUT2D eigenvalue weighted by molar-refractivity contribution is -0.137. The van der Waals surface area contributed by atoms with E-state index in [0.29, 0.717) is 12.1 Å². The molecule has 3 aromatic carbocycles. The van der Waals surface area contributed by atoms with Gasteiger partial charge in [-0.05, 0) is 55.3 Å².